The van der Waals surface area contributed by atoms with Gasteiger partial charge in [0.15, 0.2) is 5.65 Å². The summed E-state index contributed by atoms with van der Waals surface area (Å²) in [6.07, 6.45) is 4.59. The summed E-state index contributed by atoms with van der Waals surface area (Å²) in [6, 6.07) is 1.80. The summed E-state index contributed by atoms with van der Waals surface area (Å²) < 4.78 is 1.60. The molecule has 0 aromatic carbocycles. The third kappa shape index (κ3) is 2.24. The summed E-state index contributed by atoms with van der Waals surface area (Å²) >= 11 is 0. The molecule has 2 saturated carbocycles. The molecule has 4 rings (SSSR count). The molecule has 2 heterocycles. The monoisotopic (exact) mass is 286 g/mol. The number of hydrogen-bond acceptors (Lipinski definition) is 3. The van der Waals surface area contributed by atoms with Gasteiger partial charge < -0.3 is 5.32 Å². The maximum atomic E-state index is 12.4. The maximum Gasteiger partial charge on any atom is 0.274 e. The van der Waals surface area contributed by atoms with Gasteiger partial charge in [0.2, 0.25) is 0 Å². The van der Waals surface area contributed by atoms with Crippen LogP contribution in [0.25, 0.3) is 11.0 Å². The van der Waals surface area contributed by atoms with E-state index in [-0.39, 0.29) is 11.5 Å². The zero-order chi connectivity index (χ0) is 14.6. The number of amides is 1. The Hall–Kier alpha value is -2.11. The number of aromatic nitrogens is 3. The average Bonchev–Trinajstić information content (AvgIpc) is 3.37. The first-order valence-corrected chi connectivity index (χ1v) is 7.51. The summed E-state index contributed by atoms with van der Waals surface area (Å²) in [5, 5.41) is 6.04. The lowest BCUT2D eigenvalue weighted by Crippen LogP contribution is -2.26. The van der Waals surface area contributed by atoms with Crippen LogP contribution in [0.15, 0.2) is 10.9 Å². The van der Waals surface area contributed by atoms with Crippen molar-refractivity contribution in [1.82, 2.24) is 20.1 Å². The van der Waals surface area contributed by atoms with Crippen molar-refractivity contribution in [2.24, 2.45) is 13.0 Å². The molecule has 21 heavy (non-hydrogen) atoms. The Morgan fingerprint density at radius 1 is 1.43 bits per heavy atom. The van der Waals surface area contributed by atoms with Crippen LogP contribution in [0.1, 0.15) is 47.7 Å². The SMILES string of the molecule is Cn1[nH]c(=O)c2c(C(=O)NCC3CC3)cc(C3CC3)nc21. The number of carbonyl (C=O) groups excluding carboxylic acids is 1. The quantitative estimate of drug-likeness (QED) is 0.888. The smallest absolute Gasteiger partial charge is 0.274 e. The number of nitrogens with zero attached hydrogens (tertiary/aromatic N) is 2. The third-order valence-corrected chi connectivity index (χ3v) is 4.32. The van der Waals surface area contributed by atoms with E-state index >= 15 is 0 Å². The Balaban J connectivity index is 1.80. The normalized spacial score (nSPS) is 18.1. The van der Waals surface area contributed by atoms with E-state index in [1.165, 1.54) is 12.8 Å². The molecule has 110 valence electrons. The van der Waals surface area contributed by atoms with Gasteiger partial charge in [0.05, 0.1) is 10.9 Å². The molecule has 0 bridgehead atoms. The number of carbonyl (C=O) groups is 1. The molecule has 2 fully saturated rings. The predicted molar refractivity (Wildman–Crippen MR) is 78.4 cm³/mol. The van der Waals surface area contributed by atoms with Crippen molar-refractivity contribution >= 4 is 16.9 Å². The molecule has 0 atom stereocenters. The molecule has 0 unspecified atom stereocenters. The highest BCUT2D eigenvalue weighted by molar-refractivity contribution is 6.05. The fourth-order valence-electron chi connectivity index (χ4n) is 2.70. The first-order chi connectivity index (χ1) is 10.1. The number of aryl methyl sites for hydroxylation is 1. The molecule has 2 aromatic heterocycles. The lowest BCUT2D eigenvalue weighted by molar-refractivity contribution is 0.0953. The van der Waals surface area contributed by atoms with Crippen LogP contribution in [0.4, 0.5) is 0 Å². The van der Waals surface area contributed by atoms with Crippen LogP contribution < -0.4 is 10.9 Å². The minimum Gasteiger partial charge on any atom is -0.352 e. The van der Waals surface area contributed by atoms with Crippen molar-refractivity contribution < 1.29 is 4.79 Å². The molecule has 6 heteroatoms. The van der Waals surface area contributed by atoms with Crippen LogP contribution in [0.5, 0.6) is 0 Å². The topological polar surface area (TPSA) is 79.8 Å². The summed E-state index contributed by atoms with van der Waals surface area (Å²) in [7, 11) is 1.75. The van der Waals surface area contributed by atoms with E-state index in [1.807, 2.05) is 0 Å². The van der Waals surface area contributed by atoms with Crippen molar-refractivity contribution in [3.05, 3.63) is 27.7 Å². The number of nitrogens with one attached hydrogen (secondary N) is 2. The van der Waals surface area contributed by atoms with Gasteiger partial charge >= 0.3 is 0 Å². The first kappa shape index (κ1) is 12.6. The number of fused-ring (bicyclic) bond motifs is 1. The Morgan fingerprint density at radius 2 is 2.19 bits per heavy atom. The van der Waals surface area contributed by atoms with Gasteiger partial charge in [-0.25, -0.2) is 4.98 Å². The zero-order valence-corrected chi connectivity index (χ0v) is 12.0. The summed E-state index contributed by atoms with van der Waals surface area (Å²) in [5.74, 6) is 0.894. The Kier molecular flexibility index (Phi) is 2.67. The molecule has 2 aliphatic rings. The van der Waals surface area contributed by atoms with Crippen molar-refractivity contribution in [1.29, 1.82) is 0 Å². The summed E-state index contributed by atoms with van der Waals surface area (Å²) in [4.78, 5) is 29.1. The lowest BCUT2D eigenvalue weighted by Gasteiger charge is -2.07. The summed E-state index contributed by atoms with van der Waals surface area (Å²) in [5.41, 5.74) is 1.71. The highest BCUT2D eigenvalue weighted by Gasteiger charge is 2.29. The van der Waals surface area contributed by atoms with E-state index in [9.17, 15) is 9.59 Å². The maximum absolute atomic E-state index is 12.4. The van der Waals surface area contributed by atoms with E-state index < -0.39 is 0 Å². The Bertz CT molecular complexity index is 781. The second-order valence-electron chi connectivity index (χ2n) is 6.22. The van der Waals surface area contributed by atoms with Gasteiger partial charge in [-0.05, 0) is 37.7 Å². The van der Waals surface area contributed by atoms with Crippen LogP contribution in [0.3, 0.4) is 0 Å². The van der Waals surface area contributed by atoms with Gasteiger partial charge in [-0.15, -0.1) is 0 Å². The number of rotatable bonds is 4. The van der Waals surface area contributed by atoms with Gasteiger partial charge in [0, 0.05) is 25.2 Å². The first-order valence-electron chi connectivity index (χ1n) is 7.51. The molecule has 0 aliphatic heterocycles. The molecule has 2 N–H and O–H groups in total. The van der Waals surface area contributed by atoms with Gasteiger partial charge in [0.25, 0.3) is 11.5 Å². The minimum atomic E-state index is -0.251. The third-order valence-electron chi connectivity index (χ3n) is 4.32. The molecule has 6 nitrogen and oxygen atoms in total. The van der Waals surface area contributed by atoms with Crippen molar-refractivity contribution in [2.45, 2.75) is 31.6 Å². The molecule has 2 aliphatic carbocycles. The Morgan fingerprint density at radius 3 is 2.86 bits per heavy atom. The molecule has 0 saturated heterocycles. The van der Waals surface area contributed by atoms with Gasteiger partial charge in [0.1, 0.15) is 0 Å². The van der Waals surface area contributed by atoms with Crippen LogP contribution in [-0.2, 0) is 7.05 Å². The van der Waals surface area contributed by atoms with Crippen molar-refractivity contribution in [3.8, 4) is 0 Å². The second-order valence-corrected chi connectivity index (χ2v) is 6.22. The van der Waals surface area contributed by atoms with Crippen molar-refractivity contribution in [2.75, 3.05) is 6.54 Å². The molecular formula is C15H18N4O2. The highest BCUT2D eigenvalue weighted by atomic mass is 16.2. The molecule has 0 radical (unpaired) electrons. The number of pyridine rings is 1. The van der Waals surface area contributed by atoms with Crippen LogP contribution in [0.2, 0.25) is 0 Å². The van der Waals surface area contributed by atoms with E-state index in [1.54, 1.807) is 17.8 Å². The van der Waals surface area contributed by atoms with Gasteiger partial charge in [-0.1, -0.05) is 0 Å². The highest BCUT2D eigenvalue weighted by Crippen LogP contribution is 2.40. The summed E-state index contributed by atoms with van der Waals surface area (Å²) in [6.45, 7) is 0.701. The van der Waals surface area contributed by atoms with Crippen LogP contribution in [0, 0.1) is 5.92 Å². The second kappa shape index (κ2) is 4.44. The van der Waals surface area contributed by atoms with Crippen LogP contribution >= 0.6 is 0 Å². The predicted octanol–water partition coefficient (Wildman–Crippen LogP) is 1.28. The molecular weight excluding hydrogens is 268 g/mol. The fourth-order valence-corrected chi connectivity index (χ4v) is 2.70. The van der Waals surface area contributed by atoms with Crippen LogP contribution in [-0.4, -0.2) is 27.2 Å². The molecule has 0 spiro atoms. The zero-order valence-electron chi connectivity index (χ0n) is 12.0. The van der Waals surface area contributed by atoms with E-state index in [4.69, 9.17) is 0 Å². The molecule has 2 aromatic rings. The van der Waals surface area contributed by atoms with Crippen molar-refractivity contribution in [3.63, 3.8) is 0 Å². The number of H-pyrrole nitrogens is 1. The van der Waals surface area contributed by atoms with Gasteiger partial charge in [-0.3, -0.25) is 19.4 Å². The van der Waals surface area contributed by atoms with E-state index in [0.29, 0.717) is 35.0 Å². The van der Waals surface area contributed by atoms with E-state index in [2.05, 4.69) is 15.4 Å². The largest absolute Gasteiger partial charge is 0.352 e. The van der Waals surface area contributed by atoms with E-state index in [0.717, 1.165) is 18.5 Å². The number of aromatic amines is 1. The Labute approximate surface area is 121 Å². The lowest BCUT2D eigenvalue weighted by atomic mass is 10.1. The standard InChI is InChI=1S/C15H18N4O2/c1-19-13-12(15(21)18-19)10(6-11(17-13)9-4-5-9)14(20)16-7-8-2-3-8/h6,8-9H,2-5,7H2,1H3,(H,16,20)(H,18,21). The minimum absolute atomic E-state index is 0.159. The number of hydrogen-bond donors (Lipinski definition) is 2. The van der Waals surface area contributed by atoms with Gasteiger partial charge in [-0.2, -0.15) is 0 Å². The molecule has 1 amide bonds. The fraction of sp³-hybridized carbons (Fsp3) is 0.533. The average molecular weight is 286 g/mol.